The van der Waals surface area contributed by atoms with E-state index in [2.05, 4.69) is 23.8 Å². The van der Waals surface area contributed by atoms with Gasteiger partial charge in [0.2, 0.25) is 5.88 Å². The first-order valence-electron chi connectivity index (χ1n) is 5.65. The van der Waals surface area contributed by atoms with Crippen molar-refractivity contribution in [1.29, 1.82) is 0 Å². The van der Waals surface area contributed by atoms with E-state index in [9.17, 15) is 0 Å². The van der Waals surface area contributed by atoms with Crippen molar-refractivity contribution in [1.82, 2.24) is 9.97 Å². The summed E-state index contributed by atoms with van der Waals surface area (Å²) >= 11 is 6.03. The Kier molecular flexibility index (Phi) is 4.54. The molecule has 0 fully saturated rings. The summed E-state index contributed by atoms with van der Waals surface area (Å²) in [6.45, 7) is 10.1. The second-order valence-electron chi connectivity index (χ2n) is 4.28. The number of aromatic nitrogens is 2. The van der Waals surface area contributed by atoms with E-state index in [1.54, 1.807) is 0 Å². The van der Waals surface area contributed by atoms with Crippen LogP contribution in [-0.2, 0) is 6.42 Å². The molecule has 0 aliphatic carbocycles. The van der Waals surface area contributed by atoms with Crippen LogP contribution in [0.4, 0.5) is 0 Å². The van der Waals surface area contributed by atoms with Crippen LogP contribution in [0.2, 0.25) is 5.15 Å². The molecule has 4 heteroatoms. The van der Waals surface area contributed by atoms with Crippen LogP contribution in [-0.4, -0.2) is 16.1 Å². The summed E-state index contributed by atoms with van der Waals surface area (Å²) in [4.78, 5) is 8.53. The van der Waals surface area contributed by atoms with E-state index in [0.717, 1.165) is 17.8 Å². The number of ether oxygens (including phenoxy) is 1. The van der Waals surface area contributed by atoms with Gasteiger partial charge < -0.3 is 4.74 Å². The van der Waals surface area contributed by atoms with Crippen LogP contribution in [0.25, 0.3) is 0 Å². The molecular weight excluding hydrogens is 224 g/mol. The molecule has 1 rings (SSSR count). The van der Waals surface area contributed by atoms with Gasteiger partial charge in [-0.15, -0.1) is 0 Å². The Morgan fingerprint density at radius 2 is 1.88 bits per heavy atom. The Bertz CT molecular complexity index is 366. The number of rotatable bonds is 4. The van der Waals surface area contributed by atoms with Crippen molar-refractivity contribution in [3.05, 3.63) is 16.5 Å². The maximum absolute atomic E-state index is 6.03. The predicted molar refractivity (Wildman–Crippen MR) is 66.1 cm³/mol. The molecule has 0 aliphatic rings. The lowest BCUT2D eigenvalue weighted by Gasteiger charge is -2.19. The van der Waals surface area contributed by atoms with Gasteiger partial charge in [0.15, 0.2) is 0 Å². The third-order valence-corrected chi connectivity index (χ3v) is 3.01. The lowest BCUT2D eigenvalue weighted by Crippen LogP contribution is -2.20. The van der Waals surface area contributed by atoms with Gasteiger partial charge >= 0.3 is 0 Å². The molecule has 0 saturated carbocycles. The van der Waals surface area contributed by atoms with Crippen LogP contribution in [0.1, 0.15) is 39.1 Å². The first-order chi connectivity index (χ1) is 7.45. The smallest absolute Gasteiger partial charge is 0.221 e. The first kappa shape index (κ1) is 13.2. The number of aryl methyl sites for hydroxylation is 1. The standard InChI is InChI=1S/C12H19ClN2O/c1-6-10-14-11(13)8(4)12(15-10)16-9(5)7(2)3/h7,9H,6H2,1-5H3. The van der Waals surface area contributed by atoms with Gasteiger partial charge in [0.05, 0.1) is 6.10 Å². The summed E-state index contributed by atoms with van der Waals surface area (Å²) in [5, 5.41) is 0.484. The maximum atomic E-state index is 6.03. The molecule has 0 amide bonds. The number of halogens is 1. The van der Waals surface area contributed by atoms with Crippen molar-refractivity contribution in [2.45, 2.75) is 47.1 Å². The highest BCUT2D eigenvalue weighted by Gasteiger charge is 2.14. The van der Waals surface area contributed by atoms with Gasteiger partial charge in [0.25, 0.3) is 0 Å². The Morgan fingerprint density at radius 3 is 2.38 bits per heavy atom. The third-order valence-electron chi connectivity index (χ3n) is 2.64. The van der Waals surface area contributed by atoms with Crippen molar-refractivity contribution in [3.63, 3.8) is 0 Å². The van der Waals surface area contributed by atoms with Gasteiger partial charge in [-0.1, -0.05) is 32.4 Å². The summed E-state index contributed by atoms with van der Waals surface area (Å²) in [5.41, 5.74) is 0.811. The van der Waals surface area contributed by atoms with Crippen LogP contribution >= 0.6 is 11.6 Å². The normalized spacial score (nSPS) is 12.9. The number of hydrogen-bond acceptors (Lipinski definition) is 3. The molecule has 0 N–H and O–H groups in total. The SMILES string of the molecule is CCc1nc(Cl)c(C)c(OC(C)C(C)C)n1. The monoisotopic (exact) mass is 242 g/mol. The Labute approximate surface area is 102 Å². The second-order valence-corrected chi connectivity index (χ2v) is 4.64. The molecule has 16 heavy (non-hydrogen) atoms. The average molecular weight is 243 g/mol. The minimum absolute atomic E-state index is 0.120. The molecule has 0 saturated heterocycles. The molecule has 0 aromatic carbocycles. The summed E-state index contributed by atoms with van der Waals surface area (Å²) in [7, 11) is 0. The van der Waals surface area contributed by atoms with Crippen LogP contribution < -0.4 is 4.74 Å². The number of nitrogens with zero attached hydrogens (tertiary/aromatic N) is 2. The van der Waals surface area contributed by atoms with E-state index >= 15 is 0 Å². The lowest BCUT2D eigenvalue weighted by molar-refractivity contribution is 0.161. The summed E-state index contributed by atoms with van der Waals surface area (Å²) in [5.74, 6) is 1.78. The number of hydrogen-bond donors (Lipinski definition) is 0. The zero-order valence-corrected chi connectivity index (χ0v) is 11.3. The molecule has 1 aromatic heterocycles. The Morgan fingerprint density at radius 1 is 1.25 bits per heavy atom. The van der Waals surface area contributed by atoms with Crippen molar-refractivity contribution >= 4 is 11.6 Å². The molecule has 1 unspecified atom stereocenters. The zero-order chi connectivity index (χ0) is 12.3. The van der Waals surface area contributed by atoms with E-state index in [1.165, 1.54) is 0 Å². The molecule has 1 aromatic rings. The minimum Gasteiger partial charge on any atom is -0.474 e. The van der Waals surface area contributed by atoms with Gasteiger partial charge in [-0.05, 0) is 19.8 Å². The van der Waals surface area contributed by atoms with Crippen molar-refractivity contribution in [2.75, 3.05) is 0 Å². The summed E-state index contributed by atoms with van der Waals surface area (Å²) in [6, 6.07) is 0. The van der Waals surface area contributed by atoms with Gasteiger partial charge in [-0.2, -0.15) is 4.98 Å². The van der Waals surface area contributed by atoms with E-state index in [-0.39, 0.29) is 6.10 Å². The van der Waals surface area contributed by atoms with E-state index in [0.29, 0.717) is 17.0 Å². The topological polar surface area (TPSA) is 35.0 Å². The summed E-state index contributed by atoms with van der Waals surface area (Å²) < 4.78 is 5.79. The van der Waals surface area contributed by atoms with E-state index in [1.807, 2.05) is 20.8 Å². The largest absolute Gasteiger partial charge is 0.474 e. The van der Waals surface area contributed by atoms with Gasteiger partial charge in [0, 0.05) is 12.0 Å². The average Bonchev–Trinajstić information content (AvgIpc) is 2.24. The van der Waals surface area contributed by atoms with Crippen molar-refractivity contribution in [3.8, 4) is 5.88 Å². The van der Waals surface area contributed by atoms with Gasteiger partial charge in [-0.25, -0.2) is 4.98 Å². The zero-order valence-electron chi connectivity index (χ0n) is 10.5. The molecule has 0 spiro atoms. The van der Waals surface area contributed by atoms with Gasteiger partial charge in [-0.3, -0.25) is 0 Å². The van der Waals surface area contributed by atoms with E-state index in [4.69, 9.17) is 16.3 Å². The molecule has 3 nitrogen and oxygen atoms in total. The Hall–Kier alpha value is -0.830. The molecule has 90 valence electrons. The second kappa shape index (κ2) is 5.48. The molecular formula is C12H19ClN2O. The molecule has 1 atom stereocenters. The van der Waals surface area contributed by atoms with Crippen LogP contribution in [0.3, 0.4) is 0 Å². The highest BCUT2D eigenvalue weighted by molar-refractivity contribution is 6.30. The molecule has 0 bridgehead atoms. The van der Waals surface area contributed by atoms with Crippen LogP contribution in [0.15, 0.2) is 0 Å². The Balaban J connectivity index is 2.98. The highest BCUT2D eigenvalue weighted by Crippen LogP contribution is 2.24. The summed E-state index contributed by atoms with van der Waals surface area (Å²) in [6.07, 6.45) is 0.876. The predicted octanol–water partition coefficient (Wildman–Crippen LogP) is 3.42. The quantitative estimate of drug-likeness (QED) is 0.759. The van der Waals surface area contributed by atoms with E-state index < -0.39 is 0 Å². The molecule has 0 aliphatic heterocycles. The fourth-order valence-corrected chi connectivity index (χ4v) is 1.27. The lowest BCUT2D eigenvalue weighted by atomic mass is 10.1. The fourth-order valence-electron chi connectivity index (χ4n) is 1.10. The maximum Gasteiger partial charge on any atom is 0.221 e. The molecule has 1 heterocycles. The van der Waals surface area contributed by atoms with Crippen LogP contribution in [0.5, 0.6) is 5.88 Å². The van der Waals surface area contributed by atoms with Crippen LogP contribution in [0, 0.1) is 12.8 Å². The van der Waals surface area contributed by atoms with Gasteiger partial charge in [0.1, 0.15) is 11.0 Å². The molecule has 0 radical (unpaired) electrons. The minimum atomic E-state index is 0.120. The fraction of sp³-hybridized carbons (Fsp3) is 0.667. The van der Waals surface area contributed by atoms with Crippen molar-refractivity contribution in [2.24, 2.45) is 5.92 Å². The third kappa shape index (κ3) is 3.08. The van der Waals surface area contributed by atoms with Crippen molar-refractivity contribution < 1.29 is 4.74 Å². The first-order valence-corrected chi connectivity index (χ1v) is 6.03. The highest BCUT2D eigenvalue weighted by atomic mass is 35.5.